The summed E-state index contributed by atoms with van der Waals surface area (Å²) in [6.45, 7) is 2.84. The van der Waals surface area contributed by atoms with Crippen molar-refractivity contribution in [2.75, 3.05) is 19.7 Å². The molecule has 1 heterocycles. The van der Waals surface area contributed by atoms with Crippen LogP contribution in [0.5, 0.6) is 0 Å². The van der Waals surface area contributed by atoms with Gasteiger partial charge >= 0.3 is 5.97 Å². The molecule has 2 rings (SSSR count). The third kappa shape index (κ3) is 5.45. The molecule has 0 radical (unpaired) electrons. The lowest BCUT2D eigenvalue weighted by Gasteiger charge is -2.22. The quantitative estimate of drug-likeness (QED) is 0.685. The zero-order valence-electron chi connectivity index (χ0n) is 13.5. The highest BCUT2D eigenvalue weighted by atomic mass is 32.1. The highest BCUT2D eigenvalue weighted by molar-refractivity contribution is 7.12. The molecule has 24 heavy (non-hydrogen) atoms. The first-order valence-electron chi connectivity index (χ1n) is 7.83. The van der Waals surface area contributed by atoms with Gasteiger partial charge in [-0.15, -0.1) is 11.3 Å². The van der Waals surface area contributed by atoms with Gasteiger partial charge in [0.15, 0.2) is 0 Å². The Morgan fingerprint density at radius 1 is 1.17 bits per heavy atom. The summed E-state index contributed by atoms with van der Waals surface area (Å²) in [5.74, 6) is -0.702. The molecule has 128 valence electrons. The first-order valence-corrected chi connectivity index (χ1v) is 8.71. The highest BCUT2D eigenvalue weighted by Crippen LogP contribution is 2.14. The predicted molar refractivity (Wildman–Crippen MR) is 91.6 cm³/mol. The topological polar surface area (TPSA) is 46.6 Å². The number of carbonyl (C=O) groups excluding carboxylic acids is 2. The van der Waals surface area contributed by atoms with Crippen molar-refractivity contribution >= 4 is 23.2 Å². The summed E-state index contributed by atoms with van der Waals surface area (Å²) in [6.07, 6.45) is 0.759. The first kappa shape index (κ1) is 18.1. The van der Waals surface area contributed by atoms with E-state index in [0.717, 1.165) is 5.56 Å². The predicted octanol–water partition coefficient (Wildman–Crippen LogP) is 3.53. The average Bonchev–Trinajstić information content (AvgIpc) is 3.11. The Kier molecular flexibility index (Phi) is 6.93. The van der Waals surface area contributed by atoms with E-state index in [1.807, 2.05) is 11.4 Å². The Balaban J connectivity index is 1.99. The lowest BCUT2D eigenvalue weighted by Crippen LogP contribution is -2.34. The second-order valence-corrected chi connectivity index (χ2v) is 6.15. The molecule has 0 aliphatic heterocycles. The molecule has 0 spiro atoms. The lowest BCUT2D eigenvalue weighted by molar-refractivity contribution is -0.143. The largest absolute Gasteiger partial charge is 0.466 e. The van der Waals surface area contributed by atoms with E-state index in [2.05, 4.69) is 0 Å². The molecule has 0 saturated heterocycles. The molecule has 1 amide bonds. The van der Waals surface area contributed by atoms with Crippen molar-refractivity contribution < 1.29 is 18.7 Å². The summed E-state index contributed by atoms with van der Waals surface area (Å²) in [6, 6.07) is 9.80. The van der Waals surface area contributed by atoms with Crippen LogP contribution in [0.3, 0.4) is 0 Å². The molecular formula is C18H20FNO3S. The Hall–Kier alpha value is -2.21. The second-order valence-electron chi connectivity index (χ2n) is 5.20. The van der Waals surface area contributed by atoms with E-state index in [-0.39, 0.29) is 24.1 Å². The normalized spacial score (nSPS) is 10.4. The molecule has 1 aromatic heterocycles. The van der Waals surface area contributed by atoms with Gasteiger partial charge in [-0.05, 0) is 42.5 Å². The number of carbonyl (C=O) groups is 2. The number of ether oxygens (including phenoxy) is 1. The number of esters is 1. The highest BCUT2D eigenvalue weighted by Gasteiger charge is 2.18. The summed E-state index contributed by atoms with van der Waals surface area (Å²) >= 11 is 1.37. The summed E-state index contributed by atoms with van der Waals surface area (Å²) < 4.78 is 17.9. The van der Waals surface area contributed by atoms with Crippen LogP contribution in [-0.2, 0) is 16.0 Å². The Labute approximate surface area is 144 Å². The molecular weight excluding hydrogens is 329 g/mol. The number of benzene rings is 1. The molecule has 0 N–H and O–H groups in total. The number of nitrogens with zero attached hydrogens (tertiary/aromatic N) is 1. The number of amides is 1. The van der Waals surface area contributed by atoms with E-state index >= 15 is 0 Å². The van der Waals surface area contributed by atoms with Crippen molar-refractivity contribution in [1.82, 2.24) is 4.90 Å². The maximum atomic E-state index is 13.0. The molecule has 4 nitrogen and oxygen atoms in total. The van der Waals surface area contributed by atoms with Crippen LogP contribution in [0.1, 0.15) is 28.6 Å². The van der Waals surface area contributed by atoms with Crippen LogP contribution in [0.25, 0.3) is 0 Å². The van der Waals surface area contributed by atoms with Gasteiger partial charge in [-0.1, -0.05) is 18.2 Å². The van der Waals surface area contributed by atoms with Gasteiger partial charge in [-0.25, -0.2) is 4.39 Å². The van der Waals surface area contributed by atoms with Gasteiger partial charge in [0.1, 0.15) is 5.82 Å². The minimum absolute atomic E-state index is 0.101. The second kappa shape index (κ2) is 9.17. The summed E-state index contributed by atoms with van der Waals surface area (Å²) in [5, 5.41) is 1.84. The van der Waals surface area contributed by atoms with E-state index in [1.54, 1.807) is 30.0 Å². The van der Waals surface area contributed by atoms with Crippen molar-refractivity contribution in [2.45, 2.75) is 19.8 Å². The van der Waals surface area contributed by atoms with Gasteiger partial charge in [-0.2, -0.15) is 0 Å². The lowest BCUT2D eigenvalue weighted by atomic mass is 10.1. The van der Waals surface area contributed by atoms with Gasteiger partial charge in [0, 0.05) is 13.1 Å². The molecule has 0 saturated carbocycles. The molecule has 2 aromatic rings. The minimum Gasteiger partial charge on any atom is -0.466 e. The van der Waals surface area contributed by atoms with Crippen molar-refractivity contribution in [2.24, 2.45) is 0 Å². The fraction of sp³-hybridized carbons (Fsp3) is 0.333. The van der Waals surface area contributed by atoms with E-state index < -0.39 is 0 Å². The van der Waals surface area contributed by atoms with E-state index in [4.69, 9.17) is 4.74 Å². The van der Waals surface area contributed by atoms with Crippen molar-refractivity contribution in [3.05, 3.63) is 58.0 Å². The molecule has 0 atom stereocenters. The Bertz CT molecular complexity index is 655. The summed E-state index contributed by atoms with van der Waals surface area (Å²) in [4.78, 5) is 26.4. The fourth-order valence-electron chi connectivity index (χ4n) is 2.25. The molecule has 1 aromatic carbocycles. The monoisotopic (exact) mass is 349 g/mol. The zero-order valence-corrected chi connectivity index (χ0v) is 14.4. The molecule has 0 aliphatic carbocycles. The molecule has 0 unspecified atom stereocenters. The van der Waals surface area contributed by atoms with Gasteiger partial charge in [0.05, 0.1) is 17.9 Å². The van der Waals surface area contributed by atoms with E-state index in [1.165, 1.54) is 23.5 Å². The van der Waals surface area contributed by atoms with Crippen molar-refractivity contribution in [3.63, 3.8) is 0 Å². The fourth-order valence-corrected chi connectivity index (χ4v) is 2.94. The van der Waals surface area contributed by atoms with Crippen LogP contribution in [0.2, 0.25) is 0 Å². The van der Waals surface area contributed by atoms with E-state index in [9.17, 15) is 14.0 Å². The molecule has 0 bridgehead atoms. The summed E-state index contributed by atoms with van der Waals surface area (Å²) in [7, 11) is 0. The van der Waals surface area contributed by atoms with Crippen LogP contribution >= 0.6 is 11.3 Å². The smallest absolute Gasteiger partial charge is 0.307 e. The van der Waals surface area contributed by atoms with E-state index in [0.29, 0.717) is 31.0 Å². The zero-order chi connectivity index (χ0) is 17.4. The van der Waals surface area contributed by atoms with Crippen LogP contribution in [0, 0.1) is 5.82 Å². The molecule has 0 aliphatic rings. The number of rotatable bonds is 8. The SMILES string of the molecule is CCOC(=O)CCN(CCc1ccc(F)cc1)C(=O)c1cccs1. The average molecular weight is 349 g/mol. The van der Waals surface area contributed by atoms with Gasteiger partial charge in [0.25, 0.3) is 5.91 Å². The summed E-state index contributed by atoms with van der Waals surface area (Å²) in [5.41, 5.74) is 0.941. The van der Waals surface area contributed by atoms with Gasteiger partial charge in [-0.3, -0.25) is 9.59 Å². The van der Waals surface area contributed by atoms with Crippen LogP contribution in [0.15, 0.2) is 41.8 Å². The van der Waals surface area contributed by atoms with Crippen molar-refractivity contribution in [3.8, 4) is 0 Å². The first-order chi connectivity index (χ1) is 11.6. The number of hydrogen-bond donors (Lipinski definition) is 0. The maximum absolute atomic E-state index is 13.0. The minimum atomic E-state index is -0.316. The number of hydrogen-bond acceptors (Lipinski definition) is 4. The standard InChI is InChI=1S/C18H20FNO3S/c1-2-23-17(21)10-12-20(18(22)16-4-3-13-24-16)11-9-14-5-7-15(19)8-6-14/h3-8,13H,2,9-12H2,1H3. The van der Waals surface area contributed by atoms with Crippen LogP contribution in [0.4, 0.5) is 4.39 Å². The Morgan fingerprint density at radius 3 is 2.54 bits per heavy atom. The third-order valence-electron chi connectivity index (χ3n) is 3.49. The number of halogens is 1. The van der Waals surface area contributed by atoms with Gasteiger partial charge in [0.2, 0.25) is 0 Å². The number of thiophene rings is 1. The molecule has 0 fully saturated rings. The maximum Gasteiger partial charge on any atom is 0.307 e. The van der Waals surface area contributed by atoms with Crippen molar-refractivity contribution in [1.29, 1.82) is 0 Å². The Morgan fingerprint density at radius 2 is 1.92 bits per heavy atom. The molecule has 6 heteroatoms. The third-order valence-corrected chi connectivity index (χ3v) is 4.35. The van der Waals surface area contributed by atoms with Crippen LogP contribution < -0.4 is 0 Å². The van der Waals surface area contributed by atoms with Crippen LogP contribution in [-0.4, -0.2) is 36.5 Å². The van der Waals surface area contributed by atoms with Gasteiger partial charge < -0.3 is 9.64 Å².